The fraction of sp³-hybridized carbons (Fsp3) is 0.412. The maximum Gasteiger partial charge on any atom is 0.168 e. The van der Waals surface area contributed by atoms with Gasteiger partial charge in [-0.15, -0.1) is 0 Å². The monoisotopic (exact) mass is 303 g/mol. The SMILES string of the molecule is CC1(C)CC(=O)C(C=NCCc2ccc(O)c(O)c2)=C(O)C1. The van der Waals surface area contributed by atoms with Crippen molar-refractivity contribution in [2.24, 2.45) is 10.4 Å². The highest BCUT2D eigenvalue weighted by Gasteiger charge is 2.32. The van der Waals surface area contributed by atoms with Gasteiger partial charge in [0.1, 0.15) is 5.76 Å². The Kier molecular flexibility index (Phi) is 4.54. The first-order chi connectivity index (χ1) is 10.3. The van der Waals surface area contributed by atoms with Gasteiger partial charge in [-0.3, -0.25) is 9.79 Å². The molecule has 118 valence electrons. The number of hydrogen-bond donors (Lipinski definition) is 3. The fourth-order valence-corrected chi connectivity index (χ4v) is 2.52. The third-order valence-corrected chi connectivity index (χ3v) is 3.69. The van der Waals surface area contributed by atoms with Crippen molar-refractivity contribution < 1.29 is 20.1 Å². The molecule has 0 bridgehead atoms. The van der Waals surface area contributed by atoms with Crippen LogP contribution in [0.2, 0.25) is 0 Å². The Bertz CT molecular complexity index is 644. The molecule has 3 N–H and O–H groups in total. The standard InChI is InChI=1S/C17H21NO4/c1-17(2)8-15(21)12(16(22)9-17)10-18-6-5-11-3-4-13(19)14(20)7-11/h3-4,7,10,19-21H,5-6,8-9H2,1-2H3. The molecule has 0 aromatic heterocycles. The summed E-state index contributed by atoms with van der Waals surface area (Å²) in [4.78, 5) is 16.2. The van der Waals surface area contributed by atoms with E-state index in [1.807, 2.05) is 13.8 Å². The number of phenolic OH excluding ortho intramolecular Hbond substituents is 2. The molecule has 0 saturated heterocycles. The summed E-state index contributed by atoms with van der Waals surface area (Å²) in [7, 11) is 0. The van der Waals surface area contributed by atoms with E-state index in [-0.39, 0.29) is 28.5 Å². The maximum atomic E-state index is 12.0. The number of allylic oxidation sites excluding steroid dienone is 2. The van der Waals surface area contributed by atoms with E-state index in [0.29, 0.717) is 31.4 Å². The average Bonchev–Trinajstić information content (AvgIpc) is 2.39. The van der Waals surface area contributed by atoms with Crippen molar-refractivity contribution in [1.29, 1.82) is 0 Å². The molecule has 5 heteroatoms. The molecular formula is C17H21NO4. The van der Waals surface area contributed by atoms with Gasteiger partial charge in [0.05, 0.1) is 5.57 Å². The van der Waals surface area contributed by atoms with Crippen LogP contribution in [0.5, 0.6) is 11.5 Å². The van der Waals surface area contributed by atoms with Crippen LogP contribution in [0, 0.1) is 5.41 Å². The summed E-state index contributed by atoms with van der Waals surface area (Å²) in [5.41, 5.74) is 0.928. The van der Waals surface area contributed by atoms with Crippen LogP contribution in [-0.4, -0.2) is 33.9 Å². The van der Waals surface area contributed by atoms with Gasteiger partial charge in [0, 0.05) is 25.6 Å². The number of phenols is 2. The highest BCUT2D eigenvalue weighted by atomic mass is 16.3. The Morgan fingerprint density at radius 3 is 2.55 bits per heavy atom. The largest absolute Gasteiger partial charge is 0.511 e. The van der Waals surface area contributed by atoms with E-state index in [4.69, 9.17) is 0 Å². The lowest BCUT2D eigenvalue weighted by Gasteiger charge is -2.28. The van der Waals surface area contributed by atoms with Gasteiger partial charge in [-0.25, -0.2) is 0 Å². The van der Waals surface area contributed by atoms with Crippen LogP contribution in [0.1, 0.15) is 32.3 Å². The number of aliphatic imine (C=N–C) groups is 1. The van der Waals surface area contributed by atoms with Crippen LogP contribution in [-0.2, 0) is 11.2 Å². The van der Waals surface area contributed by atoms with E-state index in [2.05, 4.69) is 4.99 Å². The van der Waals surface area contributed by atoms with Crippen molar-refractivity contribution in [3.05, 3.63) is 35.1 Å². The molecule has 0 saturated carbocycles. The highest BCUT2D eigenvalue weighted by Crippen LogP contribution is 2.35. The Morgan fingerprint density at radius 2 is 1.91 bits per heavy atom. The molecule has 0 fully saturated rings. The summed E-state index contributed by atoms with van der Waals surface area (Å²) < 4.78 is 0. The minimum atomic E-state index is -0.206. The number of carbonyl (C=O) groups is 1. The number of carbonyl (C=O) groups excluding carboxylic acids is 1. The normalized spacial score (nSPS) is 18.2. The molecule has 1 aliphatic carbocycles. The summed E-state index contributed by atoms with van der Waals surface area (Å²) in [5.74, 6) is -0.295. The lowest BCUT2D eigenvalue weighted by molar-refractivity contribution is -0.117. The molecule has 2 rings (SSSR count). The van der Waals surface area contributed by atoms with Crippen LogP contribution in [0.4, 0.5) is 0 Å². The second kappa shape index (κ2) is 6.22. The summed E-state index contributed by atoms with van der Waals surface area (Å²) in [5, 5.41) is 28.6. The quantitative estimate of drug-likeness (QED) is 0.589. The van der Waals surface area contributed by atoms with Gasteiger partial charge in [0.2, 0.25) is 0 Å². The molecule has 0 aliphatic heterocycles. The summed E-state index contributed by atoms with van der Waals surface area (Å²) in [6.07, 6.45) is 2.89. The van der Waals surface area contributed by atoms with E-state index in [1.165, 1.54) is 18.3 Å². The third kappa shape index (κ3) is 3.87. The molecule has 0 unspecified atom stereocenters. The van der Waals surface area contributed by atoms with Gasteiger partial charge in [-0.1, -0.05) is 19.9 Å². The van der Waals surface area contributed by atoms with Crippen LogP contribution < -0.4 is 0 Å². The number of nitrogens with zero attached hydrogens (tertiary/aromatic N) is 1. The van der Waals surface area contributed by atoms with Gasteiger partial charge in [0.15, 0.2) is 17.3 Å². The zero-order valence-corrected chi connectivity index (χ0v) is 12.8. The van der Waals surface area contributed by atoms with Crippen LogP contribution in [0.25, 0.3) is 0 Å². The van der Waals surface area contributed by atoms with Crippen molar-refractivity contribution >= 4 is 12.0 Å². The Labute approximate surface area is 129 Å². The molecule has 1 aromatic carbocycles. The van der Waals surface area contributed by atoms with Crippen LogP contribution in [0.3, 0.4) is 0 Å². The lowest BCUT2D eigenvalue weighted by Crippen LogP contribution is -2.26. The van der Waals surface area contributed by atoms with Gasteiger partial charge in [0.25, 0.3) is 0 Å². The van der Waals surface area contributed by atoms with Crippen molar-refractivity contribution in [2.45, 2.75) is 33.1 Å². The molecule has 5 nitrogen and oxygen atoms in total. The Hall–Kier alpha value is -2.30. The van der Waals surface area contributed by atoms with E-state index in [0.717, 1.165) is 5.56 Å². The molecule has 0 amide bonds. The molecule has 0 heterocycles. The number of aliphatic hydroxyl groups is 1. The minimum Gasteiger partial charge on any atom is -0.511 e. The van der Waals surface area contributed by atoms with Gasteiger partial charge >= 0.3 is 0 Å². The smallest absolute Gasteiger partial charge is 0.168 e. The molecule has 0 radical (unpaired) electrons. The number of aromatic hydroxyl groups is 2. The first kappa shape index (κ1) is 16.1. The second-order valence-corrected chi connectivity index (χ2v) is 6.41. The second-order valence-electron chi connectivity index (χ2n) is 6.41. The van der Waals surface area contributed by atoms with Crippen molar-refractivity contribution in [3.63, 3.8) is 0 Å². The predicted octanol–water partition coefficient (Wildman–Crippen LogP) is 2.91. The van der Waals surface area contributed by atoms with Crippen LogP contribution in [0.15, 0.2) is 34.5 Å². The first-order valence-corrected chi connectivity index (χ1v) is 7.24. The minimum absolute atomic E-state index is 0.0835. The number of aliphatic hydroxyl groups excluding tert-OH is 1. The molecule has 1 aliphatic rings. The average molecular weight is 303 g/mol. The van der Waals surface area contributed by atoms with Gasteiger partial charge < -0.3 is 15.3 Å². The Morgan fingerprint density at radius 1 is 1.18 bits per heavy atom. The zero-order valence-electron chi connectivity index (χ0n) is 12.8. The molecule has 0 atom stereocenters. The predicted molar refractivity (Wildman–Crippen MR) is 84.5 cm³/mol. The number of rotatable bonds is 4. The number of ketones is 1. The van der Waals surface area contributed by atoms with E-state index < -0.39 is 0 Å². The molecule has 22 heavy (non-hydrogen) atoms. The summed E-state index contributed by atoms with van der Waals surface area (Å²) in [6, 6.07) is 4.61. The number of hydrogen-bond acceptors (Lipinski definition) is 5. The fourth-order valence-electron chi connectivity index (χ4n) is 2.52. The van der Waals surface area contributed by atoms with Crippen molar-refractivity contribution in [2.75, 3.05) is 6.54 Å². The van der Waals surface area contributed by atoms with E-state index in [1.54, 1.807) is 6.07 Å². The van der Waals surface area contributed by atoms with E-state index >= 15 is 0 Å². The molecular weight excluding hydrogens is 282 g/mol. The van der Waals surface area contributed by atoms with Crippen molar-refractivity contribution in [3.8, 4) is 11.5 Å². The molecule has 0 spiro atoms. The first-order valence-electron chi connectivity index (χ1n) is 7.24. The summed E-state index contributed by atoms with van der Waals surface area (Å²) >= 11 is 0. The molecule has 1 aromatic rings. The van der Waals surface area contributed by atoms with Gasteiger partial charge in [-0.05, 0) is 29.5 Å². The van der Waals surface area contributed by atoms with Crippen LogP contribution >= 0.6 is 0 Å². The Balaban J connectivity index is 1.97. The van der Waals surface area contributed by atoms with E-state index in [9.17, 15) is 20.1 Å². The number of Topliss-reactive ketones (excluding diaryl/α,β-unsaturated/α-hetero) is 1. The lowest BCUT2D eigenvalue weighted by atomic mass is 9.77. The topological polar surface area (TPSA) is 90.1 Å². The summed E-state index contributed by atoms with van der Waals surface area (Å²) in [6.45, 7) is 4.33. The van der Waals surface area contributed by atoms with Crippen molar-refractivity contribution in [1.82, 2.24) is 0 Å². The third-order valence-electron chi connectivity index (χ3n) is 3.69. The zero-order chi connectivity index (χ0) is 16.3. The maximum absolute atomic E-state index is 12.0. The number of benzene rings is 1. The van der Waals surface area contributed by atoms with Gasteiger partial charge in [-0.2, -0.15) is 0 Å². The highest BCUT2D eigenvalue weighted by molar-refractivity contribution is 6.14.